The maximum atomic E-state index is 11.3. The molecule has 1 N–H and O–H groups in total. The summed E-state index contributed by atoms with van der Waals surface area (Å²) in [4.78, 5) is 2.22. The van der Waals surface area contributed by atoms with Crippen LogP contribution in [0.25, 0.3) is 0 Å². The molecule has 1 atom stereocenters. The van der Waals surface area contributed by atoms with E-state index in [4.69, 9.17) is 0 Å². The van der Waals surface area contributed by atoms with E-state index in [1.54, 1.807) is 6.92 Å². The van der Waals surface area contributed by atoms with E-state index in [0.29, 0.717) is 18.3 Å². The predicted molar refractivity (Wildman–Crippen MR) is 58.2 cm³/mol. The van der Waals surface area contributed by atoms with Crippen LogP contribution in [0.15, 0.2) is 0 Å². The summed E-state index contributed by atoms with van der Waals surface area (Å²) in [5, 5.41) is 3.33. The van der Waals surface area contributed by atoms with Gasteiger partial charge in [-0.05, 0) is 6.92 Å². The molecule has 14 heavy (non-hydrogen) atoms. The zero-order valence-corrected chi connectivity index (χ0v) is 9.81. The van der Waals surface area contributed by atoms with Crippen LogP contribution in [0.4, 0.5) is 0 Å². The lowest BCUT2D eigenvalue weighted by molar-refractivity contribution is 0.217. The van der Waals surface area contributed by atoms with Gasteiger partial charge in [0.15, 0.2) is 9.84 Å². The molecular formula is C9H20N2O2S. The second kappa shape index (κ2) is 5.09. The van der Waals surface area contributed by atoms with Crippen LogP contribution in [-0.4, -0.2) is 57.0 Å². The minimum atomic E-state index is -2.80. The Balaban J connectivity index is 2.31. The molecule has 1 heterocycles. The van der Waals surface area contributed by atoms with Gasteiger partial charge in [-0.2, -0.15) is 0 Å². The third kappa shape index (κ3) is 3.94. The first kappa shape index (κ1) is 11.9. The fraction of sp³-hybridized carbons (Fsp3) is 1.00. The summed E-state index contributed by atoms with van der Waals surface area (Å²) in [5.74, 6) is 0.560. The molecule has 1 saturated heterocycles. The van der Waals surface area contributed by atoms with Crippen molar-refractivity contribution in [2.45, 2.75) is 19.9 Å². The highest BCUT2D eigenvalue weighted by Gasteiger charge is 2.17. The summed E-state index contributed by atoms with van der Waals surface area (Å²) in [6.45, 7) is 7.40. The molecule has 4 nitrogen and oxygen atoms in total. The third-order valence-corrected chi connectivity index (χ3v) is 4.30. The zero-order chi connectivity index (χ0) is 10.6. The minimum Gasteiger partial charge on any atom is -0.312 e. The zero-order valence-electron chi connectivity index (χ0n) is 8.99. The van der Waals surface area contributed by atoms with Gasteiger partial charge in [0.1, 0.15) is 0 Å². The highest BCUT2D eigenvalue weighted by molar-refractivity contribution is 7.91. The van der Waals surface area contributed by atoms with Gasteiger partial charge >= 0.3 is 0 Å². The topological polar surface area (TPSA) is 49.4 Å². The van der Waals surface area contributed by atoms with Crippen molar-refractivity contribution in [3.63, 3.8) is 0 Å². The number of rotatable bonds is 4. The Morgan fingerprint density at radius 2 is 2.21 bits per heavy atom. The monoisotopic (exact) mass is 220 g/mol. The molecule has 0 aromatic rings. The molecule has 1 aliphatic rings. The van der Waals surface area contributed by atoms with Gasteiger partial charge in [0.05, 0.1) is 5.75 Å². The van der Waals surface area contributed by atoms with Crippen LogP contribution in [0.2, 0.25) is 0 Å². The van der Waals surface area contributed by atoms with E-state index in [-0.39, 0.29) is 5.75 Å². The molecule has 0 aromatic carbocycles. The lowest BCUT2D eigenvalue weighted by Gasteiger charge is -2.31. The van der Waals surface area contributed by atoms with E-state index in [0.717, 1.165) is 19.6 Å². The van der Waals surface area contributed by atoms with Crippen molar-refractivity contribution < 1.29 is 8.42 Å². The summed E-state index contributed by atoms with van der Waals surface area (Å²) in [5.41, 5.74) is 0. The second-order valence-electron chi connectivity index (χ2n) is 3.89. The molecule has 0 radical (unpaired) electrons. The van der Waals surface area contributed by atoms with E-state index in [2.05, 4.69) is 17.1 Å². The van der Waals surface area contributed by atoms with Gasteiger partial charge in [-0.15, -0.1) is 0 Å². The Hall–Kier alpha value is -0.130. The molecule has 0 amide bonds. The van der Waals surface area contributed by atoms with Crippen LogP contribution in [0.1, 0.15) is 13.8 Å². The average Bonchev–Trinajstić information content (AvgIpc) is 2.15. The van der Waals surface area contributed by atoms with Crippen LogP contribution < -0.4 is 5.32 Å². The van der Waals surface area contributed by atoms with Crippen LogP contribution in [0, 0.1) is 0 Å². The fourth-order valence-corrected chi connectivity index (χ4v) is 2.45. The van der Waals surface area contributed by atoms with Crippen molar-refractivity contribution in [2.75, 3.05) is 37.7 Å². The normalized spacial score (nSPS) is 25.1. The summed E-state index contributed by atoms with van der Waals surface area (Å²) in [6, 6.07) is 0.480. The van der Waals surface area contributed by atoms with Gasteiger partial charge < -0.3 is 5.32 Å². The molecule has 0 unspecified atom stereocenters. The van der Waals surface area contributed by atoms with Crippen LogP contribution >= 0.6 is 0 Å². The highest BCUT2D eigenvalue weighted by atomic mass is 32.2. The van der Waals surface area contributed by atoms with Crippen LogP contribution in [-0.2, 0) is 9.84 Å². The molecule has 0 saturated carbocycles. The lowest BCUT2D eigenvalue weighted by atomic mass is 10.2. The van der Waals surface area contributed by atoms with Crippen molar-refractivity contribution in [1.82, 2.24) is 10.2 Å². The molecule has 0 spiro atoms. The van der Waals surface area contributed by atoms with Gasteiger partial charge in [0.25, 0.3) is 0 Å². The quantitative estimate of drug-likeness (QED) is 0.707. The molecule has 0 bridgehead atoms. The van der Waals surface area contributed by atoms with Crippen LogP contribution in [0.5, 0.6) is 0 Å². The maximum Gasteiger partial charge on any atom is 0.151 e. The number of nitrogens with zero attached hydrogens (tertiary/aromatic N) is 1. The molecule has 84 valence electrons. The number of piperazine rings is 1. The molecule has 1 fully saturated rings. The van der Waals surface area contributed by atoms with Gasteiger partial charge in [-0.3, -0.25) is 4.90 Å². The first-order valence-corrected chi connectivity index (χ1v) is 7.02. The summed E-state index contributed by atoms with van der Waals surface area (Å²) >= 11 is 0. The van der Waals surface area contributed by atoms with E-state index < -0.39 is 9.84 Å². The Bertz CT molecular complexity index is 264. The summed E-state index contributed by atoms with van der Waals surface area (Å²) in [6.07, 6.45) is 0. The number of hydrogen-bond donors (Lipinski definition) is 1. The molecule has 0 aromatic heterocycles. The Morgan fingerprint density at radius 1 is 1.50 bits per heavy atom. The van der Waals surface area contributed by atoms with E-state index >= 15 is 0 Å². The van der Waals surface area contributed by atoms with Crippen LogP contribution in [0.3, 0.4) is 0 Å². The van der Waals surface area contributed by atoms with Gasteiger partial charge in [-0.1, -0.05) is 6.92 Å². The van der Waals surface area contributed by atoms with Crippen molar-refractivity contribution in [3.05, 3.63) is 0 Å². The smallest absolute Gasteiger partial charge is 0.151 e. The number of hydrogen-bond acceptors (Lipinski definition) is 4. The largest absolute Gasteiger partial charge is 0.312 e. The summed E-state index contributed by atoms with van der Waals surface area (Å²) in [7, 11) is -2.80. The molecular weight excluding hydrogens is 200 g/mol. The molecule has 0 aliphatic carbocycles. The lowest BCUT2D eigenvalue weighted by Crippen LogP contribution is -2.50. The van der Waals surface area contributed by atoms with Crippen molar-refractivity contribution in [3.8, 4) is 0 Å². The summed E-state index contributed by atoms with van der Waals surface area (Å²) < 4.78 is 22.6. The number of sulfone groups is 1. The second-order valence-corrected chi connectivity index (χ2v) is 6.36. The molecule has 5 heteroatoms. The Labute approximate surface area is 86.6 Å². The first-order chi connectivity index (χ1) is 6.53. The Kier molecular flexibility index (Phi) is 4.34. The van der Waals surface area contributed by atoms with Crippen molar-refractivity contribution in [1.29, 1.82) is 0 Å². The maximum absolute atomic E-state index is 11.3. The van der Waals surface area contributed by atoms with Crippen molar-refractivity contribution >= 4 is 9.84 Å². The van der Waals surface area contributed by atoms with Crippen molar-refractivity contribution in [2.24, 2.45) is 0 Å². The minimum absolute atomic E-state index is 0.259. The first-order valence-electron chi connectivity index (χ1n) is 5.19. The Morgan fingerprint density at radius 3 is 2.79 bits per heavy atom. The SMILES string of the molecule is CCS(=O)(=O)CCN1CCN[C@@H](C)C1. The van der Waals surface area contributed by atoms with Gasteiger partial charge in [0.2, 0.25) is 0 Å². The highest BCUT2D eigenvalue weighted by Crippen LogP contribution is 1.99. The van der Waals surface area contributed by atoms with Gasteiger partial charge in [0, 0.05) is 38.0 Å². The third-order valence-electron chi connectivity index (χ3n) is 2.61. The molecule has 1 rings (SSSR count). The van der Waals surface area contributed by atoms with E-state index in [9.17, 15) is 8.42 Å². The number of nitrogens with one attached hydrogen (secondary N) is 1. The fourth-order valence-electron chi connectivity index (χ4n) is 1.63. The average molecular weight is 220 g/mol. The van der Waals surface area contributed by atoms with E-state index in [1.165, 1.54) is 0 Å². The predicted octanol–water partition coefficient (Wildman–Crippen LogP) is -0.285. The van der Waals surface area contributed by atoms with E-state index in [1.807, 2.05) is 0 Å². The van der Waals surface area contributed by atoms with Gasteiger partial charge in [-0.25, -0.2) is 8.42 Å². The molecule has 1 aliphatic heterocycles. The standard InChI is InChI=1S/C9H20N2O2S/c1-3-14(12,13)7-6-11-5-4-10-9(2)8-11/h9-10H,3-8H2,1-2H3/t9-/m0/s1.